The number of aromatic nitrogens is 2. The van der Waals surface area contributed by atoms with Crippen molar-refractivity contribution >= 4 is 27.9 Å². The molecule has 7 heteroatoms. The van der Waals surface area contributed by atoms with Crippen LogP contribution in [0.15, 0.2) is 76.5 Å². The number of nitro groups is 1. The average Bonchev–Trinajstić information content (AvgIpc) is 3.10. The zero-order valence-corrected chi connectivity index (χ0v) is 17.3. The van der Waals surface area contributed by atoms with E-state index >= 15 is 0 Å². The van der Waals surface area contributed by atoms with Crippen molar-refractivity contribution in [3.05, 3.63) is 98.5 Å². The minimum atomic E-state index is -0.462. The smallest absolute Gasteiger partial charge is 0.280 e. The summed E-state index contributed by atoms with van der Waals surface area (Å²) in [6.07, 6.45) is 1.54. The van der Waals surface area contributed by atoms with E-state index in [1.165, 1.54) is 16.8 Å². The SMILES string of the molecule is CCCc1[nH]n(-c2ccc([N+](=O)[O-])cc2)c(=O)c1C(C)=Nc1cccc2ccccc12. The molecule has 0 spiro atoms. The number of aliphatic imine (C=N–C) groups is 1. The lowest BCUT2D eigenvalue weighted by Gasteiger charge is -2.04. The number of nitrogens with one attached hydrogen (secondary N) is 1. The Morgan fingerprint density at radius 3 is 2.48 bits per heavy atom. The maximum Gasteiger partial charge on any atom is 0.280 e. The van der Waals surface area contributed by atoms with Gasteiger partial charge in [0.25, 0.3) is 11.2 Å². The highest BCUT2D eigenvalue weighted by molar-refractivity contribution is 6.03. The van der Waals surface area contributed by atoms with E-state index in [2.05, 4.69) is 5.10 Å². The van der Waals surface area contributed by atoms with Gasteiger partial charge in [0.05, 0.1) is 27.6 Å². The predicted octanol–water partition coefficient (Wildman–Crippen LogP) is 5.32. The summed E-state index contributed by atoms with van der Waals surface area (Å²) in [5.74, 6) is 0. The Kier molecular flexibility index (Phi) is 5.49. The molecule has 7 nitrogen and oxygen atoms in total. The first kappa shape index (κ1) is 20.3. The summed E-state index contributed by atoms with van der Waals surface area (Å²) in [4.78, 5) is 28.6. The van der Waals surface area contributed by atoms with Crippen LogP contribution in [-0.4, -0.2) is 20.4 Å². The Bertz CT molecular complexity index is 1340. The number of fused-ring (bicyclic) bond motifs is 1. The molecule has 1 heterocycles. The Hall–Kier alpha value is -4.00. The monoisotopic (exact) mass is 414 g/mol. The average molecular weight is 414 g/mol. The third-order valence-corrected chi connectivity index (χ3v) is 5.20. The molecule has 0 atom stereocenters. The largest absolute Gasteiger partial charge is 0.294 e. The molecular formula is C24H22N4O3. The first-order chi connectivity index (χ1) is 15.0. The summed E-state index contributed by atoms with van der Waals surface area (Å²) in [5, 5.41) is 16.2. The first-order valence-electron chi connectivity index (χ1n) is 10.1. The molecule has 0 saturated heterocycles. The van der Waals surface area contributed by atoms with Gasteiger partial charge in [-0.05, 0) is 36.9 Å². The Morgan fingerprint density at radius 2 is 1.77 bits per heavy atom. The molecule has 1 aromatic heterocycles. The number of hydrogen-bond acceptors (Lipinski definition) is 4. The third kappa shape index (κ3) is 3.90. The van der Waals surface area contributed by atoms with Crippen molar-refractivity contribution in [2.75, 3.05) is 0 Å². The van der Waals surface area contributed by atoms with E-state index in [0.717, 1.165) is 28.6 Å². The second-order valence-electron chi connectivity index (χ2n) is 7.32. The number of non-ortho nitro benzene ring substituents is 1. The molecule has 156 valence electrons. The van der Waals surface area contributed by atoms with Crippen LogP contribution < -0.4 is 5.56 Å². The van der Waals surface area contributed by atoms with Crippen LogP contribution in [-0.2, 0) is 6.42 Å². The fraction of sp³-hybridized carbons (Fsp3) is 0.167. The van der Waals surface area contributed by atoms with Crippen LogP contribution in [0.1, 0.15) is 31.5 Å². The van der Waals surface area contributed by atoms with E-state index in [1.807, 2.05) is 56.3 Å². The molecule has 0 fully saturated rings. The minimum Gasteiger partial charge on any atom is -0.294 e. The highest BCUT2D eigenvalue weighted by Gasteiger charge is 2.18. The van der Waals surface area contributed by atoms with Crippen molar-refractivity contribution in [3.8, 4) is 5.69 Å². The van der Waals surface area contributed by atoms with E-state index < -0.39 is 4.92 Å². The van der Waals surface area contributed by atoms with Crippen molar-refractivity contribution < 1.29 is 4.92 Å². The molecule has 0 bridgehead atoms. The zero-order chi connectivity index (χ0) is 22.0. The van der Waals surface area contributed by atoms with Gasteiger partial charge in [-0.15, -0.1) is 0 Å². The van der Waals surface area contributed by atoms with Crippen molar-refractivity contribution in [2.45, 2.75) is 26.7 Å². The van der Waals surface area contributed by atoms with Gasteiger partial charge in [-0.25, -0.2) is 4.68 Å². The second kappa shape index (κ2) is 8.39. The summed E-state index contributed by atoms with van der Waals surface area (Å²) >= 11 is 0. The second-order valence-corrected chi connectivity index (χ2v) is 7.32. The van der Waals surface area contributed by atoms with Crippen LogP contribution >= 0.6 is 0 Å². The molecule has 0 aliphatic rings. The number of rotatable bonds is 6. The fourth-order valence-electron chi connectivity index (χ4n) is 3.73. The number of aromatic amines is 1. The van der Waals surface area contributed by atoms with E-state index in [9.17, 15) is 14.9 Å². The number of H-pyrrole nitrogens is 1. The number of hydrogen-bond donors (Lipinski definition) is 1. The van der Waals surface area contributed by atoms with Crippen molar-refractivity contribution in [1.29, 1.82) is 0 Å². The Morgan fingerprint density at radius 1 is 1.06 bits per heavy atom. The summed E-state index contributed by atoms with van der Waals surface area (Å²) in [7, 11) is 0. The van der Waals surface area contributed by atoms with E-state index in [4.69, 9.17) is 4.99 Å². The molecule has 4 aromatic rings. The van der Waals surface area contributed by atoms with Crippen LogP contribution in [0.3, 0.4) is 0 Å². The maximum absolute atomic E-state index is 13.3. The quantitative estimate of drug-likeness (QED) is 0.263. The number of benzene rings is 3. The van der Waals surface area contributed by atoms with Gasteiger partial charge in [-0.2, -0.15) is 0 Å². The van der Waals surface area contributed by atoms with E-state index in [-0.39, 0.29) is 11.2 Å². The first-order valence-corrected chi connectivity index (χ1v) is 10.1. The van der Waals surface area contributed by atoms with Gasteiger partial charge in [0, 0.05) is 23.2 Å². The molecule has 0 aliphatic carbocycles. The zero-order valence-electron chi connectivity index (χ0n) is 17.3. The van der Waals surface area contributed by atoms with Gasteiger partial charge in [0.1, 0.15) is 0 Å². The fourth-order valence-corrected chi connectivity index (χ4v) is 3.73. The summed E-state index contributed by atoms with van der Waals surface area (Å²) in [6, 6.07) is 19.8. The molecule has 4 rings (SSSR count). The molecule has 0 amide bonds. The molecule has 0 aliphatic heterocycles. The van der Waals surface area contributed by atoms with E-state index in [0.29, 0.717) is 23.4 Å². The predicted molar refractivity (Wildman–Crippen MR) is 123 cm³/mol. The molecule has 0 unspecified atom stereocenters. The normalized spacial score (nSPS) is 11.7. The molecule has 1 N–H and O–H groups in total. The topological polar surface area (TPSA) is 93.3 Å². The lowest BCUT2D eigenvalue weighted by molar-refractivity contribution is -0.384. The molecule has 31 heavy (non-hydrogen) atoms. The van der Waals surface area contributed by atoms with Crippen LogP contribution in [0.25, 0.3) is 16.5 Å². The minimum absolute atomic E-state index is 0.0222. The van der Waals surface area contributed by atoms with Crippen molar-refractivity contribution in [2.24, 2.45) is 4.99 Å². The van der Waals surface area contributed by atoms with Gasteiger partial charge in [-0.3, -0.25) is 25.0 Å². The van der Waals surface area contributed by atoms with Gasteiger partial charge in [-0.1, -0.05) is 49.7 Å². The molecule has 3 aromatic carbocycles. The van der Waals surface area contributed by atoms with E-state index in [1.54, 1.807) is 12.1 Å². The van der Waals surface area contributed by atoms with Crippen molar-refractivity contribution in [3.63, 3.8) is 0 Å². The Balaban J connectivity index is 1.83. The van der Waals surface area contributed by atoms with Gasteiger partial charge < -0.3 is 0 Å². The van der Waals surface area contributed by atoms with Crippen LogP contribution in [0.4, 0.5) is 11.4 Å². The molecule has 0 saturated carbocycles. The van der Waals surface area contributed by atoms with Gasteiger partial charge >= 0.3 is 0 Å². The number of nitro benzene ring substituents is 1. The summed E-state index contributed by atoms with van der Waals surface area (Å²) in [5.41, 5.74) is 3.06. The lowest BCUT2D eigenvalue weighted by Crippen LogP contribution is -2.19. The standard InChI is InChI=1S/C24H22N4O3/c1-3-7-22-23(16(2)25-21-11-6-9-17-8-4-5-10-20(17)21)24(29)27(26-22)18-12-14-19(15-13-18)28(30)31/h4-6,8-15,26H,3,7H2,1-2H3. The van der Waals surface area contributed by atoms with Crippen LogP contribution in [0, 0.1) is 10.1 Å². The summed E-state index contributed by atoms with van der Waals surface area (Å²) < 4.78 is 1.42. The van der Waals surface area contributed by atoms with Crippen LogP contribution in [0.2, 0.25) is 0 Å². The molecule has 0 radical (unpaired) electrons. The summed E-state index contributed by atoms with van der Waals surface area (Å²) in [6.45, 7) is 3.88. The molecular weight excluding hydrogens is 392 g/mol. The number of aryl methyl sites for hydroxylation is 1. The maximum atomic E-state index is 13.3. The van der Waals surface area contributed by atoms with Gasteiger partial charge in [0.2, 0.25) is 0 Å². The van der Waals surface area contributed by atoms with Gasteiger partial charge in [0.15, 0.2) is 0 Å². The Labute approximate surface area is 178 Å². The lowest BCUT2D eigenvalue weighted by atomic mass is 10.1. The highest BCUT2D eigenvalue weighted by atomic mass is 16.6. The van der Waals surface area contributed by atoms with Crippen molar-refractivity contribution in [1.82, 2.24) is 9.78 Å². The van der Waals surface area contributed by atoms with Crippen LogP contribution in [0.5, 0.6) is 0 Å². The number of nitrogens with zero attached hydrogens (tertiary/aromatic N) is 3. The highest BCUT2D eigenvalue weighted by Crippen LogP contribution is 2.26. The third-order valence-electron chi connectivity index (χ3n) is 5.20.